The predicted octanol–water partition coefficient (Wildman–Crippen LogP) is 2.44. The van der Waals surface area contributed by atoms with Crippen LogP contribution in [0.25, 0.3) is 0 Å². The van der Waals surface area contributed by atoms with E-state index in [2.05, 4.69) is 10.9 Å². The van der Waals surface area contributed by atoms with Crippen molar-refractivity contribution in [1.29, 1.82) is 0 Å². The second-order valence-corrected chi connectivity index (χ2v) is 3.72. The summed E-state index contributed by atoms with van der Waals surface area (Å²) in [5.41, 5.74) is 6.13. The summed E-state index contributed by atoms with van der Waals surface area (Å²) in [4.78, 5) is 11.2. The van der Waals surface area contributed by atoms with Crippen molar-refractivity contribution in [2.75, 3.05) is 5.43 Å². The van der Waals surface area contributed by atoms with Crippen molar-refractivity contribution in [3.05, 3.63) is 29.3 Å². The van der Waals surface area contributed by atoms with E-state index in [-0.39, 0.29) is 11.8 Å². The standard InChI is InChI=1S/C10H13ClN2O/c1-7(2)10(14)13-12-9-5-3-4-8(11)6-9/h3-7,12H,1-2H3,(H,13,14). The maximum Gasteiger partial charge on any atom is 0.240 e. The molecule has 4 heteroatoms. The monoisotopic (exact) mass is 212 g/mol. The van der Waals surface area contributed by atoms with Gasteiger partial charge < -0.3 is 0 Å². The summed E-state index contributed by atoms with van der Waals surface area (Å²) in [6.07, 6.45) is 0. The van der Waals surface area contributed by atoms with Gasteiger partial charge in [-0.25, -0.2) is 0 Å². The molecule has 1 amide bonds. The molecule has 76 valence electrons. The SMILES string of the molecule is CC(C)C(=O)NNc1cccc(Cl)c1. The molecule has 2 N–H and O–H groups in total. The van der Waals surface area contributed by atoms with Crippen molar-refractivity contribution in [1.82, 2.24) is 5.43 Å². The lowest BCUT2D eigenvalue weighted by molar-refractivity contribution is -0.123. The van der Waals surface area contributed by atoms with E-state index in [1.807, 2.05) is 26.0 Å². The van der Waals surface area contributed by atoms with E-state index in [0.717, 1.165) is 5.69 Å². The Morgan fingerprint density at radius 3 is 2.71 bits per heavy atom. The Morgan fingerprint density at radius 2 is 2.14 bits per heavy atom. The van der Waals surface area contributed by atoms with Crippen molar-refractivity contribution >= 4 is 23.2 Å². The number of anilines is 1. The Hall–Kier alpha value is -1.22. The molecule has 1 rings (SSSR count). The molecule has 0 radical (unpaired) electrons. The first-order chi connectivity index (χ1) is 6.59. The molecule has 0 atom stereocenters. The fourth-order valence-electron chi connectivity index (χ4n) is 0.844. The highest BCUT2D eigenvalue weighted by molar-refractivity contribution is 6.30. The zero-order valence-electron chi connectivity index (χ0n) is 8.17. The average Bonchev–Trinajstić information content (AvgIpc) is 2.14. The van der Waals surface area contributed by atoms with Crippen LogP contribution in [0.1, 0.15) is 13.8 Å². The summed E-state index contributed by atoms with van der Waals surface area (Å²) in [5.74, 6) is -0.0911. The minimum absolute atomic E-state index is 0.0401. The molecular formula is C10H13ClN2O. The Kier molecular flexibility index (Phi) is 3.77. The predicted molar refractivity (Wildman–Crippen MR) is 58.1 cm³/mol. The third kappa shape index (κ3) is 3.26. The third-order valence-corrected chi connectivity index (χ3v) is 1.91. The van der Waals surface area contributed by atoms with E-state index in [9.17, 15) is 4.79 Å². The van der Waals surface area contributed by atoms with Crippen molar-refractivity contribution in [3.63, 3.8) is 0 Å². The van der Waals surface area contributed by atoms with Crippen molar-refractivity contribution in [3.8, 4) is 0 Å². The highest BCUT2D eigenvalue weighted by Gasteiger charge is 2.04. The normalized spacial score (nSPS) is 10.0. The third-order valence-electron chi connectivity index (χ3n) is 1.68. The van der Waals surface area contributed by atoms with E-state index in [4.69, 9.17) is 11.6 Å². The largest absolute Gasteiger partial charge is 0.299 e. The number of carbonyl (C=O) groups is 1. The lowest BCUT2D eigenvalue weighted by Gasteiger charge is -2.10. The van der Waals surface area contributed by atoms with Gasteiger partial charge in [-0.1, -0.05) is 31.5 Å². The van der Waals surface area contributed by atoms with Crippen LogP contribution in [0.5, 0.6) is 0 Å². The van der Waals surface area contributed by atoms with E-state index in [0.29, 0.717) is 5.02 Å². The second kappa shape index (κ2) is 4.86. The van der Waals surface area contributed by atoms with Crippen LogP contribution in [-0.4, -0.2) is 5.91 Å². The number of benzene rings is 1. The molecule has 0 aliphatic rings. The molecule has 0 saturated carbocycles. The van der Waals surface area contributed by atoms with Crippen molar-refractivity contribution in [2.24, 2.45) is 5.92 Å². The maximum atomic E-state index is 11.2. The Balaban J connectivity index is 2.50. The molecule has 0 aromatic heterocycles. The van der Waals surface area contributed by atoms with Crippen LogP contribution in [0.15, 0.2) is 24.3 Å². The summed E-state index contributed by atoms with van der Waals surface area (Å²) in [6.45, 7) is 3.66. The van der Waals surface area contributed by atoms with Crippen LogP contribution in [-0.2, 0) is 4.79 Å². The number of halogens is 1. The fourth-order valence-corrected chi connectivity index (χ4v) is 1.03. The lowest BCUT2D eigenvalue weighted by Crippen LogP contribution is -2.32. The smallest absolute Gasteiger partial charge is 0.240 e. The topological polar surface area (TPSA) is 41.1 Å². The molecule has 14 heavy (non-hydrogen) atoms. The van der Waals surface area contributed by atoms with Gasteiger partial charge in [-0.05, 0) is 18.2 Å². The van der Waals surface area contributed by atoms with Crippen LogP contribution < -0.4 is 10.9 Å². The number of hydrogen-bond acceptors (Lipinski definition) is 2. The Bertz CT molecular complexity index is 326. The molecule has 0 aliphatic carbocycles. The molecule has 0 fully saturated rings. The average molecular weight is 213 g/mol. The zero-order chi connectivity index (χ0) is 10.6. The molecule has 0 unspecified atom stereocenters. The number of hydrogen-bond donors (Lipinski definition) is 2. The van der Waals surface area contributed by atoms with Crippen molar-refractivity contribution < 1.29 is 4.79 Å². The number of rotatable bonds is 3. The van der Waals surface area contributed by atoms with Crippen LogP contribution in [0.4, 0.5) is 5.69 Å². The summed E-state index contributed by atoms with van der Waals surface area (Å²) >= 11 is 5.77. The zero-order valence-corrected chi connectivity index (χ0v) is 8.93. The van der Waals surface area contributed by atoms with Gasteiger partial charge in [0.15, 0.2) is 0 Å². The van der Waals surface area contributed by atoms with Gasteiger partial charge in [0, 0.05) is 10.9 Å². The quantitative estimate of drug-likeness (QED) is 0.756. The molecule has 3 nitrogen and oxygen atoms in total. The highest BCUT2D eigenvalue weighted by Crippen LogP contribution is 2.13. The summed E-state index contributed by atoms with van der Waals surface area (Å²) in [5, 5.41) is 0.633. The first-order valence-electron chi connectivity index (χ1n) is 4.41. The van der Waals surface area contributed by atoms with Gasteiger partial charge in [0.05, 0.1) is 5.69 Å². The summed E-state index contributed by atoms with van der Waals surface area (Å²) < 4.78 is 0. The molecular weight excluding hydrogens is 200 g/mol. The van der Waals surface area contributed by atoms with Gasteiger partial charge in [-0.3, -0.25) is 15.6 Å². The van der Waals surface area contributed by atoms with E-state index < -0.39 is 0 Å². The van der Waals surface area contributed by atoms with Crippen LogP contribution >= 0.6 is 11.6 Å². The summed E-state index contributed by atoms with van der Waals surface area (Å²) in [7, 11) is 0. The first-order valence-corrected chi connectivity index (χ1v) is 4.79. The van der Waals surface area contributed by atoms with Gasteiger partial charge >= 0.3 is 0 Å². The molecule has 0 spiro atoms. The Labute approximate surface area is 88.4 Å². The van der Waals surface area contributed by atoms with Crippen LogP contribution in [0.2, 0.25) is 5.02 Å². The van der Waals surface area contributed by atoms with E-state index >= 15 is 0 Å². The number of amides is 1. The van der Waals surface area contributed by atoms with Crippen molar-refractivity contribution in [2.45, 2.75) is 13.8 Å². The molecule has 0 bridgehead atoms. The van der Waals surface area contributed by atoms with Gasteiger partial charge in [-0.15, -0.1) is 0 Å². The number of carbonyl (C=O) groups excluding carboxylic acids is 1. The Morgan fingerprint density at radius 1 is 1.43 bits per heavy atom. The molecule has 0 saturated heterocycles. The molecule has 0 aliphatic heterocycles. The highest BCUT2D eigenvalue weighted by atomic mass is 35.5. The van der Waals surface area contributed by atoms with E-state index in [1.165, 1.54) is 0 Å². The molecule has 0 heterocycles. The molecule has 1 aromatic rings. The summed E-state index contributed by atoms with van der Waals surface area (Å²) in [6, 6.07) is 7.15. The van der Waals surface area contributed by atoms with Crippen LogP contribution in [0.3, 0.4) is 0 Å². The van der Waals surface area contributed by atoms with Gasteiger partial charge in [0.2, 0.25) is 5.91 Å². The number of nitrogens with one attached hydrogen (secondary N) is 2. The first kappa shape index (κ1) is 10.9. The minimum atomic E-state index is -0.0509. The lowest BCUT2D eigenvalue weighted by atomic mass is 10.2. The maximum absolute atomic E-state index is 11.2. The number of hydrazine groups is 1. The minimum Gasteiger partial charge on any atom is -0.299 e. The van der Waals surface area contributed by atoms with Crippen LogP contribution in [0, 0.1) is 5.92 Å². The molecule has 1 aromatic carbocycles. The fraction of sp³-hybridized carbons (Fsp3) is 0.300. The second-order valence-electron chi connectivity index (χ2n) is 3.28. The van der Waals surface area contributed by atoms with Gasteiger partial charge in [0.1, 0.15) is 0 Å². The van der Waals surface area contributed by atoms with E-state index in [1.54, 1.807) is 12.1 Å². The van der Waals surface area contributed by atoms with Gasteiger partial charge in [-0.2, -0.15) is 0 Å². The van der Waals surface area contributed by atoms with Gasteiger partial charge in [0.25, 0.3) is 0 Å².